The van der Waals surface area contributed by atoms with Crippen LogP contribution < -0.4 is 0 Å². The molecule has 6 heteroatoms. The van der Waals surface area contributed by atoms with Crippen LogP contribution in [0, 0.1) is 12.7 Å². The number of thioether (sulfide) groups is 1. The molecule has 1 aromatic heterocycles. The summed E-state index contributed by atoms with van der Waals surface area (Å²) in [5.41, 5.74) is 5.09. The summed E-state index contributed by atoms with van der Waals surface area (Å²) in [6, 6.07) is 20.4. The van der Waals surface area contributed by atoms with Crippen LogP contribution in [0.25, 0.3) is 16.9 Å². The van der Waals surface area contributed by atoms with Crippen molar-refractivity contribution in [3.63, 3.8) is 0 Å². The number of nitrogens with zero attached hydrogens (tertiary/aromatic N) is 2. The fourth-order valence-corrected chi connectivity index (χ4v) is 4.21. The fourth-order valence-electron chi connectivity index (χ4n) is 2.97. The molecule has 29 heavy (non-hydrogen) atoms. The lowest BCUT2D eigenvalue weighted by Crippen LogP contribution is -1.99. The summed E-state index contributed by atoms with van der Waals surface area (Å²) in [5.74, 6) is 0.450. The predicted molar refractivity (Wildman–Crippen MR) is 120 cm³/mol. The summed E-state index contributed by atoms with van der Waals surface area (Å²) in [7, 11) is 0. The van der Waals surface area contributed by atoms with E-state index in [1.807, 2.05) is 18.3 Å². The van der Waals surface area contributed by atoms with Gasteiger partial charge in [-0.05, 0) is 48.9 Å². The largest absolute Gasteiger partial charge is 0.287 e. The predicted octanol–water partition coefficient (Wildman–Crippen LogP) is 7.59. The lowest BCUT2D eigenvalue weighted by Gasteiger charge is -2.13. The van der Waals surface area contributed by atoms with E-state index in [-0.39, 0.29) is 5.82 Å². The third-order valence-corrected chi connectivity index (χ3v) is 6.28. The highest BCUT2D eigenvalue weighted by atomic mass is 35.5. The molecule has 0 fully saturated rings. The van der Waals surface area contributed by atoms with E-state index >= 15 is 0 Å². The summed E-state index contributed by atoms with van der Waals surface area (Å²) < 4.78 is 15.3. The SMILES string of the molecule is Cc1ccc(-n2c(-c3ccc(Cl)c(Cl)c3)cnc2SCc2ccc(F)cc2)cc1. The Morgan fingerprint density at radius 1 is 0.931 bits per heavy atom. The second-order valence-electron chi connectivity index (χ2n) is 6.64. The van der Waals surface area contributed by atoms with E-state index in [0.29, 0.717) is 15.8 Å². The van der Waals surface area contributed by atoms with E-state index in [1.54, 1.807) is 30.0 Å². The Morgan fingerprint density at radius 2 is 1.66 bits per heavy atom. The smallest absolute Gasteiger partial charge is 0.173 e. The van der Waals surface area contributed by atoms with Crippen molar-refractivity contribution in [1.82, 2.24) is 9.55 Å². The lowest BCUT2D eigenvalue weighted by molar-refractivity contribution is 0.627. The third-order valence-electron chi connectivity index (χ3n) is 4.52. The van der Waals surface area contributed by atoms with Crippen molar-refractivity contribution in [2.75, 3.05) is 0 Å². The lowest BCUT2D eigenvalue weighted by atomic mass is 10.1. The topological polar surface area (TPSA) is 17.8 Å². The van der Waals surface area contributed by atoms with Gasteiger partial charge in [0.1, 0.15) is 5.82 Å². The molecule has 0 spiro atoms. The summed E-state index contributed by atoms with van der Waals surface area (Å²) >= 11 is 13.9. The summed E-state index contributed by atoms with van der Waals surface area (Å²) in [6.07, 6.45) is 1.84. The molecule has 0 saturated carbocycles. The zero-order valence-electron chi connectivity index (χ0n) is 15.6. The van der Waals surface area contributed by atoms with Crippen LogP contribution in [-0.4, -0.2) is 9.55 Å². The molecule has 0 amide bonds. The molecule has 4 rings (SSSR count). The van der Waals surface area contributed by atoms with Gasteiger partial charge in [-0.1, -0.05) is 70.9 Å². The maximum atomic E-state index is 13.2. The van der Waals surface area contributed by atoms with Gasteiger partial charge in [-0.2, -0.15) is 0 Å². The van der Waals surface area contributed by atoms with Gasteiger partial charge in [0.25, 0.3) is 0 Å². The normalized spacial score (nSPS) is 11.0. The maximum Gasteiger partial charge on any atom is 0.173 e. The van der Waals surface area contributed by atoms with Crippen molar-refractivity contribution < 1.29 is 4.39 Å². The molecule has 146 valence electrons. The Kier molecular flexibility index (Phi) is 5.95. The number of aromatic nitrogens is 2. The van der Waals surface area contributed by atoms with Crippen LogP contribution in [0.1, 0.15) is 11.1 Å². The number of halogens is 3. The Morgan fingerprint density at radius 3 is 2.34 bits per heavy atom. The number of hydrogen-bond acceptors (Lipinski definition) is 2. The van der Waals surface area contributed by atoms with E-state index in [9.17, 15) is 4.39 Å². The number of hydrogen-bond donors (Lipinski definition) is 0. The van der Waals surface area contributed by atoms with Gasteiger partial charge in [-0.25, -0.2) is 9.37 Å². The third kappa shape index (κ3) is 4.50. The molecule has 1 heterocycles. The quantitative estimate of drug-likeness (QED) is 0.296. The van der Waals surface area contributed by atoms with E-state index in [1.165, 1.54) is 17.7 Å². The summed E-state index contributed by atoms with van der Waals surface area (Å²) in [6.45, 7) is 2.06. The maximum absolute atomic E-state index is 13.2. The first-order chi connectivity index (χ1) is 14.0. The molecule has 0 aliphatic heterocycles. The van der Waals surface area contributed by atoms with Crippen LogP contribution in [0.5, 0.6) is 0 Å². The number of imidazole rings is 1. The molecule has 0 saturated heterocycles. The Labute approximate surface area is 183 Å². The minimum absolute atomic E-state index is 0.234. The van der Waals surface area contributed by atoms with Crippen LogP contribution in [0.15, 0.2) is 78.1 Å². The second-order valence-corrected chi connectivity index (χ2v) is 8.40. The fraction of sp³-hybridized carbons (Fsp3) is 0.0870. The van der Waals surface area contributed by atoms with E-state index < -0.39 is 0 Å². The average molecular weight is 443 g/mol. The van der Waals surface area contributed by atoms with Crippen LogP contribution in [-0.2, 0) is 5.75 Å². The molecule has 0 bridgehead atoms. The number of rotatable bonds is 5. The molecule has 0 aliphatic carbocycles. The molecule has 0 aliphatic rings. The molecule has 0 radical (unpaired) electrons. The molecule has 0 N–H and O–H groups in total. The van der Waals surface area contributed by atoms with Crippen molar-refractivity contribution in [2.24, 2.45) is 0 Å². The summed E-state index contributed by atoms with van der Waals surface area (Å²) in [5, 5.41) is 1.86. The Bertz CT molecular complexity index is 1140. The minimum Gasteiger partial charge on any atom is -0.287 e. The average Bonchev–Trinajstić information content (AvgIpc) is 3.14. The highest BCUT2D eigenvalue weighted by molar-refractivity contribution is 7.98. The number of aryl methyl sites for hydroxylation is 1. The minimum atomic E-state index is -0.234. The van der Waals surface area contributed by atoms with Gasteiger partial charge in [0.15, 0.2) is 5.16 Å². The molecule has 0 unspecified atom stereocenters. The van der Waals surface area contributed by atoms with Crippen LogP contribution >= 0.6 is 35.0 Å². The van der Waals surface area contributed by atoms with Crippen molar-refractivity contribution in [3.8, 4) is 16.9 Å². The van der Waals surface area contributed by atoms with Gasteiger partial charge < -0.3 is 0 Å². The Balaban J connectivity index is 1.74. The monoisotopic (exact) mass is 442 g/mol. The first-order valence-corrected chi connectivity index (χ1v) is 10.7. The molecule has 3 aromatic carbocycles. The van der Waals surface area contributed by atoms with E-state index in [4.69, 9.17) is 23.2 Å². The second kappa shape index (κ2) is 8.62. The van der Waals surface area contributed by atoms with Gasteiger partial charge in [-0.15, -0.1) is 0 Å². The molecular weight excluding hydrogens is 426 g/mol. The van der Waals surface area contributed by atoms with E-state index in [2.05, 4.69) is 40.7 Å². The Hall–Kier alpha value is -2.27. The molecule has 2 nitrogen and oxygen atoms in total. The first-order valence-electron chi connectivity index (χ1n) is 8.99. The van der Waals surface area contributed by atoms with Crippen LogP contribution in [0.2, 0.25) is 10.0 Å². The zero-order valence-corrected chi connectivity index (χ0v) is 17.9. The zero-order chi connectivity index (χ0) is 20.4. The van der Waals surface area contributed by atoms with Crippen molar-refractivity contribution in [2.45, 2.75) is 17.8 Å². The summed E-state index contributed by atoms with van der Waals surface area (Å²) in [4.78, 5) is 4.65. The number of benzene rings is 3. The molecule has 4 aromatic rings. The molecule has 0 atom stereocenters. The van der Waals surface area contributed by atoms with Gasteiger partial charge in [-0.3, -0.25) is 4.57 Å². The van der Waals surface area contributed by atoms with Gasteiger partial charge in [0, 0.05) is 17.0 Å². The van der Waals surface area contributed by atoms with E-state index in [0.717, 1.165) is 27.7 Å². The van der Waals surface area contributed by atoms with Crippen molar-refractivity contribution in [3.05, 3.63) is 99.9 Å². The van der Waals surface area contributed by atoms with Gasteiger partial charge in [0.2, 0.25) is 0 Å². The molecular formula is C23H17Cl2FN2S. The van der Waals surface area contributed by atoms with Gasteiger partial charge >= 0.3 is 0 Å². The van der Waals surface area contributed by atoms with Gasteiger partial charge in [0.05, 0.1) is 21.9 Å². The first kappa shape index (κ1) is 20.0. The van der Waals surface area contributed by atoms with Crippen LogP contribution in [0.4, 0.5) is 4.39 Å². The van der Waals surface area contributed by atoms with Crippen LogP contribution in [0.3, 0.4) is 0 Å². The van der Waals surface area contributed by atoms with Crippen molar-refractivity contribution in [1.29, 1.82) is 0 Å². The van der Waals surface area contributed by atoms with Crippen molar-refractivity contribution >= 4 is 35.0 Å². The highest BCUT2D eigenvalue weighted by Gasteiger charge is 2.15. The standard InChI is InChI=1S/C23H17Cl2FN2S/c1-15-2-9-19(10-3-15)28-22(17-6-11-20(24)21(25)12-17)13-27-23(28)29-14-16-4-7-18(26)8-5-16/h2-13H,14H2,1H3. The highest BCUT2D eigenvalue weighted by Crippen LogP contribution is 2.34.